The summed E-state index contributed by atoms with van der Waals surface area (Å²) in [5, 5.41) is 0. The van der Waals surface area contributed by atoms with Gasteiger partial charge in [-0.3, -0.25) is 9.59 Å². The zero-order valence-corrected chi connectivity index (χ0v) is 21.6. The molecule has 0 radical (unpaired) electrons. The van der Waals surface area contributed by atoms with Gasteiger partial charge in [-0.15, -0.1) is 0 Å². The van der Waals surface area contributed by atoms with Crippen molar-refractivity contribution in [2.24, 2.45) is 40.4 Å². The van der Waals surface area contributed by atoms with Gasteiger partial charge in [-0.05, 0) is 93.7 Å². The van der Waals surface area contributed by atoms with Crippen molar-refractivity contribution >= 4 is 11.8 Å². The predicted octanol–water partition coefficient (Wildman–Crippen LogP) is 6.69. The van der Waals surface area contributed by atoms with Gasteiger partial charge < -0.3 is 9.15 Å². The van der Waals surface area contributed by atoms with Crippen LogP contribution in [0.5, 0.6) is 0 Å². The van der Waals surface area contributed by atoms with Crippen molar-refractivity contribution in [2.75, 3.05) is 0 Å². The Labute approximate surface area is 208 Å². The molecular weight excluding hydrogens is 436 g/mol. The van der Waals surface area contributed by atoms with Crippen LogP contribution in [-0.4, -0.2) is 17.4 Å². The van der Waals surface area contributed by atoms with Gasteiger partial charge in [0.2, 0.25) is 0 Å². The van der Waals surface area contributed by atoms with E-state index in [-0.39, 0.29) is 34.2 Å². The Kier molecular flexibility index (Phi) is 4.43. The quantitative estimate of drug-likeness (QED) is 0.354. The first kappa shape index (κ1) is 22.1. The molecule has 0 amide bonds. The zero-order valence-electron chi connectivity index (χ0n) is 21.6. The summed E-state index contributed by atoms with van der Waals surface area (Å²) in [7, 11) is 0. The van der Waals surface area contributed by atoms with Crippen LogP contribution in [0.2, 0.25) is 0 Å². The first-order valence-electron chi connectivity index (χ1n) is 13.9. The Morgan fingerprint density at radius 3 is 2.54 bits per heavy atom. The SMILES string of the molecule is Cc1ccc([C@@H]2CC3=CC(=O)C([C@H]4CC4C)C[C@]3(C)C3=CC[C@@]4(C)C(CC[C@@]45CCC(=O)O5)C32)o1. The molecule has 1 aliphatic heterocycles. The van der Waals surface area contributed by atoms with Crippen molar-refractivity contribution < 1.29 is 18.7 Å². The van der Waals surface area contributed by atoms with Gasteiger partial charge in [0.25, 0.3) is 0 Å². The number of carbonyl (C=O) groups is 2. The second kappa shape index (κ2) is 7.01. The van der Waals surface area contributed by atoms with Crippen LogP contribution in [0.25, 0.3) is 0 Å². The second-order valence-corrected chi connectivity index (χ2v) is 13.3. The van der Waals surface area contributed by atoms with E-state index in [1.165, 1.54) is 12.0 Å². The molecule has 5 aliphatic carbocycles. The van der Waals surface area contributed by atoms with E-state index in [4.69, 9.17) is 9.15 Å². The Morgan fingerprint density at radius 2 is 1.89 bits per heavy atom. The molecule has 35 heavy (non-hydrogen) atoms. The second-order valence-electron chi connectivity index (χ2n) is 13.3. The first-order chi connectivity index (χ1) is 16.7. The fraction of sp³-hybridized carbons (Fsp3) is 0.677. The summed E-state index contributed by atoms with van der Waals surface area (Å²) in [5.74, 6) is 4.80. The number of furan rings is 1. The molecule has 7 rings (SSSR count). The molecule has 4 heteroatoms. The third-order valence-corrected chi connectivity index (χ3v) is 11.6. The molecule has 3 saturated carbocycles. The average Bonchev–Trinajstić information content (AvgIpc) is 3.10. The molecule has 9 atom stereocenters. The van der Waals surface area contributed by atoms with Gasteiger partial charge in [0.15, 0.2) is 5.78 Å². The number of hydrogen-bond acceptors (Lipinski definition) is 4. The van der Waals surface area contributed by atoms with Crippen molar-refractivity contribution in [1.82, 2.24) is 0 Å². The normalized spacial score (nSPS) is 48.1. The third kappa shape index (κ3) is 2.86. The number of aryl methyl sites for hydroxylation is 1. The number of hydrogen-bond donors (Lipinski definition) is 0. The van der Waals surface area contributed by atoms with Gasteiger partial charge in [0, 0.05) is 29.1 Å². The minimum absolute atomic E-state index is 0.0205. The Balaban J connectivity index is 1.36. The molecule has 4 nitrogen and oxygen atoms in total. The van der Waals surface area contributed by atoms with Crippen molar-refractivity contribution in [3.63, 3.8) is 0 Å². The number of allylic oxidation sites excluding steroid dienone is 4. The fourth-order valence-electron chi connectivity index (χ4n) is 9.48. The van der Waals surface area contributed by atoms with Crippen LogP contribution in [0.4, 0.5) is 0 Å². The molecule has 1 aromatic rings. The van der Waals surface area contributed by atoms with E-state index in [1.54, 1.807) is 5.57 Å². The minimum Gasteiger partial charge on any atom is -0.466 e. The van der Waals surface area contributed by atoms with Crippen molar-refractivity contribution in [3.05, 3.63) is 47.0 Å². The summed E-state index contributed by atoms with van der Waals surface area (Å²) in [5.41, 5.74) is 2.46. The van der Waals surface area contributed by atoms with Gasteiger partial charge in [0.1, 0.15) is 17.1 Å². The van der Waals surface area contributed by atoms with Crippen LogP contribution in [0, 0.1) is 47.3 Å². The van der Waals surface area contributed by atoms with Crippen molar-refractivity contribution in [2.45, 2.75) is 90.6 Å². The molecular formula is C31H38O4. The van der Waals surface area contributed by atoms with E-state index in [2.05, 4.69) is 39.0 Å². The van der Waals surface area contributed by atoms with Crippen LogP contribution in [0.15, 0.2) is 39.8 Å². The molecule has 6 aliphatic rings. The van der Waals surface area contributed by atoms with Crippen LogP contribution in [-0.2, 0) is 14.3 Å². The lowest BCUT2D eigenvalue weighted by molar-refractivity contribution is -0.160. The van der Waals surface area contributed by atoms with Crippen molar-refractivity contribution in [3.8, 4) is 0 Å². The highest BCUT2D eigenvalue weighted by atomic mass is 16.6. The maximum absolute atomic E-state index is 13.3. The standard InChI is InChI=1S/C31H38O4/c1-17-13-20(17)22-16-29(3)19(15-25(22)32)14-21(26-6-5-18(2)34-26)28-23(29)7-10-30(4)24(28)8-11-31(30)12-9-27(33)35-31/h5-7,15,17,20-22,24,28H,8-14,16H2,1-4H3/t17?,20-,21-,22?,24?,28?,29-,30-,31+/m0/s1. The lowest BCUT2D eigenvalue weighted by atomic mass is 9.47. The molecule has 0 N–H and O–H groups in total. The summed E-state index contributed by atoms with van der Waals surface area (Å²) in [4.78, 5) is 25.6. The summed E-state index contributed by atoms with van der Waals surface area (Å²) in [6.45, 7) is 9.14. The molecule has 4 fully saturated rings. The maximum atomic E-state index is 13.3. The third-order valence-electron chi connectivity index (χ3n) is 11.6. The number of ketones is 1. The van der Waals surface area contributed by atoms with E-state index >= 15 is 0 Å². The van der Waals surface area contributed by atoms with E-state index in [0.717, 1.165) is 50.0 Å². The zero-order chi connectivity index (χ0) is 24.3. The Hall–Kier alpha value is -2.10. The van der Waals surface area contributed by atoms with Crippen LogP contribution >= 0.6 is 0 Å². The van der Waals surface area contributed by atoms with E-state index in [1.807, 2.05) is 13.0 Å². The number of carbonyl (C=O) groups excluding carboxylic acids is 2. The lowest BCUT2D eigenvalue weighted by Crippen LogP contribution is -2.52. The monoisotopic (exact) mass is 474 g/mol. The Morgan fingerprint density at radius 1 is 1.09 bits per heavy atom. The molecule has 1 aromatic heterocycles. The average molecular weight is 475 g/mol. The topological polar surface area (TPSA) is 56.5 Å². The van der Waals surface area contributed by atoms with Crippen LogP contribution in [0.3, 0.4) is 0 Å². The molecule has 186 valence electrons. The van der Waals surface area contributed by atoms with E-state index in [0.29, 0.717) is 35.9 Å². The van der Waals surface area contributed by atoms with Gasteiger partial charge in [-0.25, -0.2) is 0 Å². The number of rotatable bonds is 2. The number of fused-ring (bicyclic) bond motifs is 6. The van der Waals surface area contributed by atoms with Crippen LogP contribution < -0.4 is 0 Å². The van der Waals surface area contributed by atoms with E-state index in [9.17, 15) is 9.59 Å². The molecule has 0 aromatic carbocycles. The highest BCUT2D eigenvalue weighted by Crippen LogP contribution is 2.71. The van der Waals surface area contributed by atoms with Crippen molar-refractivity contribution in [1.29, 1.82) is 0 Å². The molecule has 2 heterocycles. The highest BCUT2D eigenvalue weighted by Gasteiger charge is 2.67. The predicted molar refractivity (Wildman–Crippen MR) is 132 cm³/mol. The number of esters is 1. The number of ether oxygens (including phenoxy) is 1. The van der Waals surface area contributed by atoms with Gasteiger partial charge >= 0.3 is 5.97 Å². The maximum Gasteiger partial charge on any atom is 0.306 e. The minimum atomic E-state index is -0.314. The summed E-state index contributed by atoms with van der Waals surface area (Å²) < 4.78 is 12.5. The first-order valence-corrected chi connectivity index (χ1v) is 13.9. The molecule has 1 spiro atoms. The van der Waals surface area contributed by atoms with Gasteiger partial charge in [0.05, 0.1) is 0 Å². The van der Waals surface area contributed by atoms with Gasteiger partial charge in [-0.1, -0.05) is 38.0 Å². The van der Waals surface area contributed by atoms with E-state index < -0.39 is 0 Å². The summed E-state index contributed by atoms with van der Waals surface area (Å²) in [6, 6.07) is 4.24. The smallest absolute Gasteiger partial charge is 0.306 e. The molecule has 1 saturated heterocycles. The van der Waals surface area contributed by atoms with Gasteiger partial charge in [-0.2, -0.15) is 0 Å². The Bertz CT molecular complexity index is 1190. The molecule has 4 unspecified atom stereocenters. The summed E-state index contributed by atoms with van der Waals surface area (Å²) in [6.07, 6.45) is 12.1. The summed E-state index contributed by atoms with van der Waals surface area (Å²) >= 11 is 0. The fourth-order valence-corrected chi connectivity index (χ4v) is 9.48. The molecule has 0 bridgehead atoms. The highest BCUT2D eigenvalue weighted by molar-refractivity contribution is 5.94. The lowest BCUT2D eigenvalue weighted by Gasteiger charge is -2.57. The van der Waals surface area contributed by atoms with Crippen LogP contribution in [0.1, 0.15) is 89.6 Å². The largest absolute Gasteiger partial charge is 0.466 e.